The van der Waals surface area contributed by atoms with Crippen LogP contribution in [0, 0.1) is 0 Å². The van der Waals surface area contributed by atoms with Crippen LogP contribution in [0.1, 0.15) is 20.8 Å². The van der Waals surface area contributed by atoms with Crippen molar-refractivity contribution in [1.29, 1.82) is 0 Å². The number of hydroxylamine groups is 2. The van der Waals surface area contributed by atoms with Crippen molar-refractivity contribution in [3.8, 4) is 0 Å². The Labute approximate surface area is 82.9 Å². The Balaban J connectivity index is 4.53. The lowest BCUT2D eigenvalue weighted by Crippen LogP contribution is -2.41. The molecule has 0 saturated carbocycles. The summed E-state index contributed by atoms with van der Waals surface area (Å²) in [5.41, 5.74) is -0.501. The zero-order chi connectivity index (χ0) is 11.4. The maximum absolute atomic E-state index is 10.7. The number of likely N-dealkylation sites (N-methyl/N-ethyl adjacent to an activating group) is 1. The van der Waals surface area contributed by atoms with E-state index < -0.39 is 17.6 Å². The SMILES string of the molecule is CN(OC(C)(C)C)[C@@H](C=C=O)C(=O)O. The van der Waals surface area contributed by atoms with Gasteiger partial charge in [-0.2, -0.15) is 5.06 Å². The van der Waals surface area contributed by atoms with E-state index in [2.05, 4.69) is 0 Å². The highest BCUT2D eigenvalue weighted by molar-refractivity contribution is 5.78. The molecule has 1 N–H and O–H groups in total. The van der Waals surface area contributed by atoms with Crippen molar-refractivity contribution in [2.45, 2.75) is 32.4 Å². The van der Waals surface area contributed by atoms with E-state index in [1.54, 1.807) is 20.8 Å². The van der Waals surface area contributed by atoms with Gasteiger partial charge in [-0.3, -0.25) is 9.63 Å². The first-order chi connectivity index (χ1) is 6.28. The molecule has 0 aromatic heterocycles. The Morgan fingerprint density at radius 2 is 2.07 bits per heavy atom. The molecular formula is C9H15NO4. The molecule has 0 amide bonds. The lowest BCUT2D eigenvalue weighted by molar-refractivity contribution is -0.229. The zero-order valence-corrected chi connectivity index (χ0v) is 8.77. The third-order valence-electron chi connectivity index (χ3n) is 1.29. The molecule has 80 valence electrons. The maximum Gasteiger partial charge on any atom is 0.328 e. The fourth-order valence-electron chi connectivity index (χ4n) is 0.885. The Morgan fingerprint density at radius 1 is 1.57 bits per heavy atom. The number of nitrogens with zero attached hydrogens (tertiary/aromatic N) is 1. The standard InChI is InChI=1S/C9H15NO4/c1-9(2,3)14-10(4)7(5-6-11)8(12)13/h5,7H,1-4H3,(H,12,13)/t7-/m0/s1. The first kappa shape index (κ1) is 12.8. The summed E-state index contributed by atoms with van der Waals surface area (Å²) in [6, 6.07) is -1.10. The van der Waals surface area contributed by atoms with Crippen LogP contribution in [-0.4, -0.2) is 40.8 Å². The highest BCUT2D eigenvalue weighted by Crippen LogP contribution is 2.11. The Bertz CT molecular complexity index is 248. The number of carbonyl (C=O) groups is 1. The third kappa shape index (κ3) is 4.77. The molecule has 0 bridgehead atoms. The van der Waals surface area contributed by atoms with Crippen molar-refractivity contribution < 1.29 is 19.5 Å². The normalized spacial score (nSPS) is 13.5. The van der Waals surface area contributed by atoms with Gasteiger partial charge < -0.3 is 5.11 Å². The summed E-state index contributed by atoms with van der Waals surface area (Å²) in [5, 5.41) is 9.86. The van der Waals surface area contributed by atoms with E-state index in [9.17, 15) is 9.59 Å². The Hall–Kier alpha value is -1.16. The van der Waals surface area contributed by atoms with Crippen LogP contribution < -0.4 is 0 Å². The van der Waals surface area contributed by atoms with Crippen LogP contribution in [0.5, 0.6) is 0 Å². The van der Waals surface area contributed by atoms with Crippen LogP contribution in [0.4, 0.5) is 0 Å². The first-order valence-electron chi connectivity index (χ1n) is 4.13. The number of rotatable bonds is 4. The molecule has 5 nitrogen and oxygen atoms in total. The molecule has 0 fully saturated rings. The van der Waals surface area contributed by atoms with Gasteiger partial charge in [0.2, 0.25) is 0 Å². The van der Waals surface area contributed by atoms with Gasteiger partial charge in [0.15, 0.2) is 6.04 Å². The van der Waals surface area contributed by atoms with Crippen molar-refractivity contribution in [2.75, 3.05) is 7.05 Å². The molecule has 0 aliphatic rings. The van der Waals surface area contributed by atoms with Gasteiger partial charge in [-0.25, -0.2) is 4.79 Å². The molecule has 5 heteroatoms. The molecule has 0 aromatic rings. The zero-order valence-electron chi connectivity index (χ0n) is 8.77. The fraction of sp³-hybridized carbons (Fsp3) is 0.667. The van der Waals surface area contributed by atoms with Crippen LogP contribution in [0.15, 0.2) is 6.08 Å². The van der Waals surface area contributed by atoms with Crippen molar-refractivity contribution in [1.82, 2.24) is 5.06 Å². The molecule has 0 aliphatic heterocycles. The lowest BCUT2D eigenvalue weighted by atomic mass is 10.2. The molecule has 0 unspecified atom stereocenters. The van der Waals surface area contributed by atoms with E-state index in [1.807, 2.05) is 0 Å². The van der Waals surface area contributed by atoms with Crippen LogP contribution in [0.3, 0.4) is 0 Å². The van der Waals surface area contributed by atoms with E-state index >= 15 is 0 Å². The molecule has 0 saturated heterocycles. The van der Waals surface area contributed by atoms with Crippen molar-refractivity contribution in [2.24, 2.45) is 0 Å². The Kier molecular flexibility index (Phi) is 4.50. The second-order valence-electron chi connectivity index (χ2n) is 3.82. The van der Waals surface area contributed by atoms with Gasteiger partial charge in [-0.05, 0) is 20.8 Å². The summed E-state index contributed by atoms with van der Waals surface area (Å²) < 4.78 is 0. The van der Waals surface area contributed by atoms with Gasteiger partial charge in [-0.15, -0.1) is 0 Å². The molecule has 0 spiro atoms. The number of carbonyl (C=O) groups excluding carboxylic acids is 1. The minimum absolute atomic E-state index is 0.501. The highest BCUT2D eigenvalue weighted by Gasteiger charge is 2.25. The molecule has 0 aliphatic carbocycles. The number of hydrogen-bond donors (Lipinski definition) is 1. The molecule has 0 rings (SSSR count). The minimum atomic E-state index is -1.15. The molecular weight excluding hydrogens is 186 g/mol. The van der Waals surface area contributed by atoms with Crippen LogP contribution in [0.25, 0.3) is 0 Å². The largest absolute Gasteiger partial charge is 0.480 e. The summed E-state index contributed by atoms with van der Waals surface area (Å²) in [5.74, 6) is 0.286. The minimum Gasteiger partial charge on any atom is -0.480 e. The van der Waals surface area contributed by atoms with Crippen molar-refractivity contribution in [3.63, 3.8) is 0 Å². The average molecular weight is 201 g/mol. The highest BCUT2D eigenvalue weighted by atomic mass is 16.7. The van der Waals surface area contributed by atoms with Crippen molar-refractivity contribution in [3.05, 3.63) is 6.08 Å². The molecule has 0 radical (unpaired) electrons. The number of aliphatic carboxylic acids is 1. The number of carboxylic acids is 1. The van der Waals surface area contributed by atoms with Gasteiger partial charge in [-0.1, -0.05) is 0 Å². The van der Waals surface area contributed by atoms with Crippen LogP contribution in [-0.2, 0) is 14.4 Å². The predicted octanol–water partition coefficient (Wildman–Crippen LogP) is 0.489. The lowest BCUT2D eigenvalue weighted by Gasteiger charge is -2.28. The van der Waals surface area contributed by atoms with E-state index in [0.29, 0.717) is 0 Å². The summed E-state index contributed by atoms with van der Waals surface area (Å²) in [6.07, 6.45) is 0.897. The predicted molar refractivity (Wildman–Crippen MR) is 50.3 cm³/mol. The second-order valence-corrected chi connectivity index (χ2v) is 3.82. The van der Waals surface area contributed by atoms with E-state index in [4.69, 9.17) is 9.94 Å². The van der Waals surface area contributed by atoms with Crippen LogP contribution >= 0.6 is 0 Å². The smallest absolute Gasteiger partial charge is 0.328 e. The van der Waals surface area contributed by atoms with Gasteiger partial charge in [0.1, 0.15) is 5.94 Å². The van der Waals surface area contributed by atoms with Crippen molar-refractivity contribution >= 4 is 11.9 Å². The summed E-state index contributed by atoms with van der Waals surface area (Å²) in [6.45, 7) is 5.35. The molecule has 1 atom stereocenters. The monoisotopic (exact) mass is 201 g/mol. The summed E-state index contributed by atoms with van der Waals surface area (Å²) >= 11 is 0. The van der Waals surface area contributed by atoms with Gasteiger partial charge in [0.25, 0.3) is 0 Å². The van der Waals surface area contributed by atoms with Gasteiger partial charge in [0, 0.05) is 13.1 Å². The summed E-state index contributed by atoms with van der Waals surface area (Å²) in [4.78, 5) is 26.0. The maximum atomic E-state index is 10.7. The van der Waals surface area contributed by atoms with Crippen LogP contribution in [0.2, 0.25) is 0 Å². The quantitative estimate of drug-likeness (QED) is 0.529. The third-order valence-corrected chi connectivity index (χ3v) is 1.29. The second kappa shape index (κ2) is 4.91. The first-order valence-corrected chi connectivity index (χ1v) is 4.13. The number of carboxylic acid groups (broad SMARTS) is 1. The topological polar surface area (TPSA) is 66.8 Å². The Morgan fingerprint density at radius 3 is 2.36 bits per heavy atom. The van der Waals surface area contributed by atoms with Gasteiger partial charge in [0.05, 0.1) is 5.60 Å². The number of hydrogen-bond acceptors (Lipinski definition) is 4. The summed E-state index contributed by atoms with van der Waals surface area (Å²) in [7, 11) is 1.46. The van der Waals surface area contributed by atoms with E-state index in [-0.39, 0.29) is 0 Å². The van der Waals surface area contributed by atoms with Gasteiger partial charge >= 0.3 is 5.97 Å². The fourth-order valence-corrected chi connectivity index (χ4v) is 0.885. The van der Waals surface area contributed by atoms with E-state index in [1.165, 1.54) is 13.0 Å². The van der Waals surface area contributed by atoms with E-state index in [0.717, 1.165) is 11.1 Å². The molecule has 0 heterocycles. The molecule has 14 heavy (non-hydrogen) atoms. The average Bonchev–Trinajstić information content (AvgIpc) is 1.95. The molecule has 0 aromatic carbocycles.